The van der Waals surface area contributed by atoms with E-state index in [1.807, 2.05) is 0 Å². The number of carboxylic acid groups (broad SMARTS) is 1. The molecule has 0 aliphatic heterocycles. The lowest BCUT2D eigenvalue weighted by Gasteiger charge is -2.05. The van der Waals surface area contributed by atoms with E-state index in [-0.39, 0.29) is 18.3 Å². The van der Waals surface area contributed by atoms with Gasteiger partial charge in [0.25, 0.3) is 0 Å². The minimum atomic E-state index is -1.07. The van der Waals surface area contributed by atoms with Gasteiger partial charge in [-0.1, -0.05) is 5.92 Å². The van der Waals surface area contributed by atoms with Gasteiger partial charge in [-0.25, -0.2) is 14.6 Å². The Morgan fingerprint density at radius 2 is 2.32 bits per heavy atom. The van der Waals surface area contributed by atoms with Crippen molar-refractivity contribution in [3.8, 4) is 12.3 Å². The summed E-state index contributed by atoms with van der Waals surface area (Å²) in [4.78, 5) is 25.8. The molecule has 1 rings (SSSR count). The molecule has 102 valence electrons. The molecule has 0 spiro atoms. The highest BCUT2D eigenvalue weighted by Gasteiger charge is 2.09. The number of aromatic carboxylic acids is 1. The van der Waals surface area contributed by atoms with Crippen LogP contribution in [0.2, 0.25) is 0 Å². The first kappa shape index (κ1) is 15.3. The van der Waals surface area contributed by atoms with Gasteiger partial charge in [0.15, 0.2) is 5.69 Å². The fourth-order valence-corrected chi connectivity index (χ4v) is 2.29. The summed E-state index contributed by atoms with van der Waals surface area (Å²) in [6, 6.07) is -0.312. The maximum absolute atomic E-state index is 11.4. The van der Waals surface area contributed by atoms with Crippen LogP contribution in [0.5, 0.6) is 0 Å². The van der Waals surface area contributed by atoms with Crippen LogP contribution in [0.3, 0.4) is 0 Å². The molecule has 0 saturated carbocycles. The van der Waals surface area contributed by atoms with E-state index in [1.54, 1.807) is 11.8 Å². The first-order chi connectivity index (χ1) is 9.13. The zero-order valence-electron chi connectivity index (χ0n) is 10.0. The second-order valence-corrected chi connectivity index (χ2v) is 5.35. The van der Waals surface area contributed by atoms with Gasteiger partial charge >= 0.3 is 12.0 Å². The molecule has 0 aliphatic rings. The van der Waals surface area contributed by atoms with Crippen LogP contribution in [0.25, 0.3) is 0 Å². The van der Waals surface area contributed by atoms with E-state index in [0.29, 0.717) is 17.3 Å². The number of amides is 2. The molecule has 8 heteroatoms. The summed E-state index contributed by atoms with van der Waals surface area (Å²) in [5, 5.41) is 15.9. The maximum atomic E-state index is 11.4. The Bertz CT molecular complexity index is 482. The van der Waals surface area contributed by atoms with Gasteiger partial charge in [-0.15, -0.1) is 29.5 Å². The Labute approximate surface area is 119 Å². The quantitative estimate of drug-likeness (QED) is 0.516. The highest BCUT2D eigenvalue weighted by Crippen LogP contribution is 2.09. The number of carbonyl (C=O) groups is 2. The number of nitrogens with one attached hydrogen (secondary N) is 2. The summed E-state index contributed by atoms with van der Waals surface area (Å²) >= 11 is 2.76. The first-order valence-corrected chi connectivity index (χ1v) is 7.37. The zero-order valence-corrected chi connectivity index (χ0v) is 11.6. The molecule has 0 unspecified atom stereocenters. The lowest BCUT2D eigenvalue weighted by atomic mass is 10.5. The Balaban J connectivity index is 2.19. The van der Waals surface area contributed by atoms with Crippen LogP contribution in [0.1, 0.15) is 15.5 Å². The molecule has 19 heavy (non-hydrogen) atoms. The topological polar surface area (TPSA) is 91.3 Å². The predicted molar refractivity (Wildman–Crippen MR) is 75.5 cm³/mol. The van der Waals surface area contributed by atoms with Gasteiger partial charge in [-0.3, -0.25) is 0 Å². The van der Waals surface area contributed by atoms with Crippen LogP contribution in [0.4, 0.5) is 4.79 Å². The molecule has 0 atom stereocenters. The van der Waals surface area contributed by atoms with Gasteiger partial charge in [0.1, 0.15) is 5.01 Å². The molecule has 2 amide bonds. The summed E-state index contributed by atoms with van der Waals surface area (Å²) in [7, 11) is 0. The number of terminal acetylenes is 1. The zero-order chi connectivity index (χ0) is 14.1. The molecule has 1 aromatic rings. The van der Waals surface area contributed by atoms with E-state index in [9.17, 15) is 9.59 Å². The summed E-state index contributed by atoms with van der Waals surface area (Å²) in [6.45, 7) is 0.734. The number of thiazole rings is 1. The average molecular weight is 299 g/mol. The second-order valence-electron chi connectivity index (χ2n) is 3.30. The Morgan fingerprint density at radius 1 is 1.53 bits per heavy atom. The number of rotatable bonds is 7. The van der Waals surface area contributed by atoms with Crippen LogP contribution >= 0.6 is 23.1 Å². The number of nitrogens with zero attached hydrogens (tertiary/aromatic N) is 1. The van der Waals surface area contributed by atoms with E-state index in [0.717, 1.165) is 5.75 Å². The van der Waals surface area contributed by atoms with Gasteiger partial charge in [0.2, 0.25) is 0 Å². The van der Waals surface area contributed by atoms with E-state index in [4.69, 9.17) is 11.5 Å². The molecule has 0 fully saturated rings. The van der Waals surface area contributed by atoms with Crippen LogP contribution in [-0.2, 0) is 6.54 Å². The highest BCUT2D eigenvalue weighted by atomic mass is 32.2. The van der Waals surface area contributed by atoms with Crippen molar-refractivity contribution in [1.29, 1.82) is 0 Å². The molecule has 0 aromatic carbocycles. The maximum Gasteiger partial charge on any atom is 0.355 e. The van der Waals surface area contributed by atoms with Gasteiger partial charge in [-0.05, 0) is 0 Å². The van der Waals surface area contributed by atoms with Crippen molar-refractivity contribution in [1.82, 2.24) is 15.6 Å². The van der Waals surface area contributed by atoms with Gasteiger partial charge in [-0.2, -0.15) is 0 Å². The fraction of sp³-hybridized carbons (Fsp3) is 0.364. The minimum Gasteiger partial charge on any atom is -0.476 e. The highest BCUT2D eigenvalue weighted by molar-refractivity contribution is 7.99. The monoisotopic (exact) mass is 299 g/mol. The second kappa shape index (κ2) is 8.39. The number of thioether (sulfide) groups is 1. The molecule has 0 bridgehead atoms. The SMILES string of the molecule is C#CCSCCNC(=O)NCc1nc(C(=O)O)cs1. The van der Waals surface area contributed by atoms with Crippen molar-refractivity contribution >= 4 is 35.1 Å². The van der Waals surface area contributed by atoms with Crippen molar-refractivity contribution in [2.24, 2.45) is 0 Å². The average Bonchev–Trinajstić information content (AvgIpc) is 2.85. The minimum absolute atomic E-state index is 0.00658. The standard InChI is InChI=1S/C11H13N3O3S2/c1-2-4-18-5-3-12-11(17)13-6-9-14-8(7-19-9)10(15)16/h1,7H,3-6H2,(H,15,16)(H2,12,13,17). The number of carbonyl (C=O) groups excluding carboxylic acids is 1. The normalized spacial score (nSPS) is 9.63. The van der Waals surface area contributed by atoms with E-state index in [1.165, 1.54) is 16.7 Å². The van der Waals surface area contributed by atoms with E-state index in [2.05, 4.69) is 21.5 Å². The molecule has 0 aliphatic carbocycles. The third-order valence-corrected chi connectivity index (χ3v) is 3.60. The first-order valence-electron chi connectivity index (χ1n) is 5.34. The molecular weight excluding hydrogens is 286 g/mol. The summed E-state index contributed by atoms with van der Waals surface area (Å²) in [5.74, 6) is 2.80. The van der Waals surface area contributed by atoms with Crippen molar-refractivity contribution in [3.63, 3.8) is 0 Å². The molecule has 3 N–H and O–H groups in total. The number of carboxylic acids is 1. The number of aromatic nitrogens is 1. The Morgan fingerprint density at radius 3 is 2.95 bits per heavy atom. The van der Waals surface area contributed by atoms with Gasteiger partial charge in [0.05, 0.1) is 12.3 Å². The van der Waals surface area contributed by atoms with Crippen molar-refractivity contribution < 1.29 is 14.7 Å². The number of hydrogen-bond acceptors (Lipinski definition) is 5. The van der Waals surface area contributed by atoms with Gasteiger partial charge in [0, 0.05) is 17.7 Å². The summed E-state index contributed by atoms with van der Waals surface area (Å²) in [6.07, 6.45) is 5.09. The molecule has 0 saturated heterocycles. The van der Waals surface area contributed by atoms with Crippen LogP contribution in [-0.4, -0.2) is 40.1 Å². The summed E-state index contributed by atoms with van der Waals surface area (Å²) < 4.78 is 0. The Hall–Kier alpha value is -1.72. The molecule has 1 aromatic heterocycles. The van der Waals surface area contributed by atoms with E-state index >= 15 is 0 Å². The largest absolute Gasteiger partial charge is 0.476 e. The lowest BCUT2D eigenvalue weighted by Crippen LogP contribution is -2.36. The third-order valence-electron chi connectivity index (χ3n) is 1.89. The number of urea groups is 1. The van der Waals surface area contributed by atoms with E-state index < -0.39 is 5.97 Å². The Kier molecular flexibility index (Phi) is 6.78. The summed E-state index contributed by atoms with van der Waals surface area (Å²) in [5.41, 5.74) is -0.00658. The van der Waals surface area contributed by atoms with Crippen LogP contribution in [0.15, 0.2) is 5.38 Å². The number of hydrogen-bond donors (Lipinski definition) is 3. The van der Waals surface area contributed by atoms with Crippen molar-refractivity contribution in [2.75, 3.05) is 18.1 Å². The third kappa shape index (κ3) is 6.13. The van der Waals surface area contributed by atoms with Gasteiger partial charge < -0.3 is 15.7 Å². The van der Waals surface area contributed by atoms with Crippen LogP contribution in [0, 0.1) is 12.3 Å². The van der Waals surface area contributed by atoms with Crippen molar-refractivity contribution in [3.05, 3.63) is 16.1 Å². The molecule has 0 radical (unpaired) electrons. The smallest absolute Gasteiger partial charge is 0.355 e. The lowest BCUT2D eigenvalue weighted by molar-refractivity contribution is 0.0691. The molecule has 1 heterocycles. The predicted octanol–water partition coefficient (Wildman–Crippen LogP) is 1.01. The van der Waals surface area contributed by atoms with Crippen LogP contribution < -0.4 is 10.6 Å². The van der Waals surface area contributed by atoms with Crippen molar-refractivity contribution in [2.45, 2.75) is 6.54 Å². The molecular formula is C11H13N3O3S2. The fourth-order valence-electron chi connectivity index (χ4n) is 1.08. The molecule has 6 nitrogen and oxygen atoms in total.